The highest BCUT2D eigenvalue weighted by molar-refractivity contribution is 5.77. The van der Waals surface area contributed by atoms with Crippen LogP contribution in [0.25, 0.3) is 0 Å². The highest BCUT2D eigenvalue weighted by Gasteiger charge is 2.16. The van der Waals surface area contributed by atoms with E-state index in [4.69, 9.17) is 4.74 Å². The van der Waals surface area contributed by atoms with Crippen LogP contribution in [0.1, 0.15) is 51.2 Å². The van der Waals surface area contributed by atoms with E-state index in [0.717, 1.165) is 18.4 Å². The second kappa shape index (κ2) is 7.20. The first-order valence-corrected chi connectivity index (χ1v) is 6.80. The summed E-state index contributed by atoms with van der Waals surface area (Å²) in [6, 6.07) is 8.29. The van der Waals surface area contributed by atoms with Crippen LogP contribution in [0.15, 0.2) is 24.3 Å². The highest BCUT2D eigenvalue weighted by Crippen LogP contribution is 2.18. The summed E-state index contributed by atoms with van der Waals surface area (Å²) < 4.78 is 5.16. The molecule has 1 atom stereocenters. The molecule has 0 saturated carbocycles. The molecule has 0 N–H and O–H groups in total. The van der Waals surface area contributed by atoms with Crippen LogP contribution < -0.4 is 0 Å². The van der Waals surface area contributed by atoms with E-state index in [9.17, 15) is 4.79 Å². The minimum atomic E-state index is -0.176. The Kier molecular flexibility index (Phi) is 5.90. The maximum atomic E-state index is 11.7. The summed E-state index contributed by atoms with van der Waals surface area (Å²) in [6.07, 6.45) is 1.95. The van der Waals surface area contributed by atoms with Crippen molar-refractivity contribution in [1.29, 1.82) is 0 Å². The van der Waals surface area contributed by atoms with Gasteiger partial charge in [0.05, 0.1) is 12.5 Å². The first-order valence-electron chi connectivity index (χ1n) is 6.80. The van der Waals surface area contributed by atoms with Crippen LogP contribution in [-0.2, 0) is 16.0 Å². The number of rotatable bonds is 6. The number of esters is 1. The molecule has 0 unspecified atom stereocenters. The molecule has 0 heterocycles. The van der Waals surface area contributed by atoms with Crippen LogP contribution in [0.4, 0.5) is 0 Å². The van der Waals surface area contributed by atoms with Gasteiger partial charge in [0.1, 0.15) is 0 Å². The lowest BCUT2D eigenvalue weighted by Gasteiger charge is -2.12. The number of benzene rings is 1. The van der Waals surface area contributed by atoms with E-state index in [1.165, 1.54) is 5.56 Å². The minimum absolute atomic E-state index is 0.131. The molecule has 0 aliphatic carbocycles. The van der Waals surface area contributed by atoms with Gasteiger partial charge in [0.25, 0.3) is 0 Å². The zero-order valence-electron chi connectivity index (χ0n) is 11.9. The average Bonchev–Trinajstić information content (AvgIpc) is 2.35. The zero-order valence-corrected chi connectivity index (χ0v) is 11.9. The summed E-state index contributed by atoms with van der Waals surface area (Å²) in [5, 5.41) is 0. The van der Waals surface area contributed by atoms with Crippen molar-refractivity contribution >= 4 is 5.97 Å². The summed E-state index contributed by atoms with van der Waals surface area (Å²) >= 11 is 0. The van der Waals surface area contributed by atoms with Gasteiger partial charge >= 0.3 is 5.97 Å². The van der Waals surface area contributed by atoms with Gasteiger partial charge in [-0.25, -0.2) is 0 Å². The molecule has 1 aromatic rings. The fourth-order valence-electron chi connectivity index (χ4n) is 1.88. The predicted molar refractivity (Wildman–Crippen MR) is 74.6 cm³/mol. The molecule has 0 aliphatic rings. The molecule has 2 nitrogen and oxygen atoms in total. The molecule has 18 heavy (non-hydrogen) atoms. The molecule has 0 radical (unpaired) electrons. The molecule has 0 aromatic heterocycles. The lowest BCUT2D eigenvalue weighted by molar-refractivity contribution is -0.145. The summed E-state index contributed by atoms with van der Waals surface area (Å²) in [6.45, 7) is 8.82. The van der Waals surface area contributed by atoms with Gasteiger partial charge in [-0.05, 0) is 36.8 Å². The standard InChI is InChI=1S/C16H24O2/c1-5-10-18-16(17)13(4)15-8-6-14(7-9-15)11-12(2)3/h6-9,12-13H,5,10-11H2,1-4H3/t13-/m1/s1. The average molecular weight is 248 g/mol. The molecule has 0 amide bonds. The second-order valence-corrected chi connectivity index (χ2v) is 5.23. The van der Waals surface area contributed by atoms with Gasteiger partial charge in [-0.1, -0.05) is 45.0 Å². The second-order valence-electron chi connectivity index (χ2n) is 5.23. The largest absolute Gasteiger partial charge is 0.465 e. The van der Waals surface area contributed by atoms with Gasteiger partial charge in [-0.3, -0.25) is 4.79 Å². The van der Waals surface area contributed by atoms with Crippen molar-refractivity contribution in [2.45, 2.75) is 46.5 Å². The zero-order chi connectivity index (χ0) is 13.5. The van der Waals surface area contributed by atoms with E-state index in [1.807, 2.05) is 26.0 Å². The topological polar surface area (TPSA) is 26.3 Å². The Labute approximate surface area is 110 Å². The third-order valence-corrected chi connectivity index (χ3v) is 2.93. The van der Waals surface area contributed by atoms with Crippen molar-refractivity contribution in [2.75, 3.05) is 6.61 Å². The molecule has 0 spiro atoms. The van der Waals surface area contributed by atoms with Gasteiger partial charge in [0, 0.05) is 0 Å². The number of ether oxygens (including phenoxy) is 1. The smallest absolute Gasteiger partial charge is 0.313 e. The predicted octanol–water partition coefficient (Wildman–Crippen LogP) is 3.94. The van der Waals surface area contributed by atoms with Crippen molar-refractivity contribution in [3.05, 3.63) is 35.4 Å². The van der Waals surface area contributed by atoms with Crippen molar-refractivity contribution in [3.8, 4) is 0 Å². The van der Waals surface area contributed by atoms with Crippen LogP contribution in [-0.4, -0.2) is 12.6 Å². The third-order valence-electron chi connectivity index (χ3n) is 2.93. The maximum Gasteiger partial charge on any atom is 0.313 e. The van der Waals surface area contributed by atoms with E-state index in [-0.39, 0.29) is 11.9 Å². The fourth-order valence-corrected chi connectivity index (χ4v) is 1.88. The number of carbonyl (C=O) groups is 1. The monoisotopic (exact) mass is 248 g/mol. The Morgan fingerprint density at radius 3 is 2.28 bits per heavy atom. The Balaban J connectivity index is 2.63. The van der Waals surface area contributed by atoms with Crippen molar-refractivity contribution in [3.63, 3.8) is 0 Å². The van der Waals surface area contributed by atoms with E-state index in [2.05, 4.69) is 26.0 Å². The van der Waals surface area contributed by atoms with E-state index < -0.39 is 0 Å². The van der Waals surface area contributed by atoms with Crippen LogP contribution >= 0.6 is 0 Å². The Hall–Kier alpha value is -1.31. The van der Waals surface area contributed by atoms with Gasteiger partial charge in [0.15, 0.2) is 0 Å². The summed E-state index contributed by atoms with van der Waals surface area (Å²) in [7, 11) is 0. The highest BCUT2D eigenvalue weighted by atomic mass is 16.5. The van der Waals surface area contributed by atoms with Gasteiger partial charge in [-0.15, -0.1) is 0 Å². The lowest BCUT2D eigenvalue weighted by Crippen LogP contribution is -2.13. The van der Waals surface area contributed by atoms with E-state index >= 15 is 0 Å². The molecule has 0 bridgehead atoms. The minimum Gasteiger partial charge on any atom is -0.465 e. The van der Waals surface area contributed by atoms with Gasteiger partial charge < -0.3 is 4.74 Å². The van der Waals surface area contributed by atoms with Crippen molar-refractivity contribution < 1.29 is 9.53 Å². The molecule has 100 valence electrons. The van der Waals surface area contributed by atoms with Crippen molar-refractivity contribution in [2.24, 2.45) is 5.92 Å². The van der Waals surface area contributed by atoms with Crippen LogP contribution in [0, 0.1) is 5.92 Å². The Morgan fingerprint density at radius 2 is 1.78 bits per heavy atom. The molecule has 0 saturated heterocycles. The number of hydrogen-bond acceptors (Lipinski definition) is 2. The molecular weight excluding hydrogens is 224 g/mol. The van der Waals surface area contributed by atoms with Gasteiger partial charge in [0.2, 0.25) is 0 Å². The number of carbonyl (C=O) groups excluding carboxylic acids is 1. The third kappa shape index (κ3) is 4.52. The van der Waals surface area contributed by atoms with E-state index in [0.29, 0.717) is 12.5 Å². The molecular formula is C16H24O2. The first-order chi connectivity index (χ1) is 8.54. The van der Waals surface area contributed by atoms with Crippen LogP contribution in [0.2, 0.25) is 0 Å². The molecule has 2 heteroatoms. The molecule has 1 rings (SSSR count). The normalized spacial score (nSPS) is 12.5. The van der Waals surface area contributed by atoms with Gasteiger partial charge in [-0.2, -0.15) is 0 Å². The quantitative estimate of drug-likeness (QED) is 0.713. The van der Waals surface area contributed by atoms with Crippen LogP contribution in [0.5, 0.6) is 0 Å². The summed E-state index contributed by atoms with van der Waals surface area (Å²) in [5.74, 6) is 0.348. The first kappa shape index (κ1) is 14.7. The summed E-state index contributed by atoms with van der Waals surface area (Å²) in [5.41, 5.74) is 2.35. The van der Waals surface area contributed by atoms with Crippen LogP contribution in [0.3, 0.4) is 0 Å². The lowest BCUT2D eigenvalue weighted by atomic mass is 9.97. The molecule has 0 fully saturated rings. The SMILES string of the molecule is CCCOC(=O)[C@H](C)c1ccc(CC(C)C)cc1. The fraction of sp³-hybridized carbons (Fsp3) is 0.562. The maximum absolute atomic E-state index is 11.7. The van der Waals surface area contributed by atoms with Crippen molar-refractivity contribution in [1.82, 2.24) is 0 Å². The molecule has 0 aliphatic heterocycles. The number of hydrogen-bond donors (Lipinski definition) is 0. The molecule has 1 aromatic carbocycles. The van der Waals surface area contributed by atoms with E-state index in [1.54, 1.807) is 0 Å². The Morgan fingerprint density at radius 1 is 1.17 bits per heavy atom. The Bertz CT molecular complexity index is 365. The summed E-state index contributed by atoms with van der Waals surface area (Å²) in [4.78, 5) is 11.7.